The molecule has 0 aliphatic rings. The number of likely N-dealkylation sites (N-methyl/N-ethyl adjacent to an activating group) is 1. The Morgan fingerprint density at radius 1 is 1.67 bits per heavy atom. The van der Waals surface area contributed by atoms with E-state index in [1.165, 1.54) is 0 Å². The fourth-order valence-electron chi connectivity index (χ4n) is 1.17. The Kier molecular flexibility index (Phi) is 3.79. The molecule has 1 N–H and O–H groups in total. The van der Waals surface area contributed by atoms with E-state index in [0.29, 0.717) is 6.54 Å². The van der Waals surface area contributed by atoms with Crippen molar-refractivity contribution < 1.29 is 4.79 Å². The number of carbonyl (C=O) groups excluding carboxylic acids is 1. The van der Waals surface area contributed by atoms with E-state index in [9.17, 15) is 4.79 Å². The van der Waals surface area contributed by atoms with Gasteiger partial charge in [-0.05, 0) is 6.92 Å². The third kappa shape index (κ3) is 3.02. The average molecular weight is 211 g/mol. The van der Waals surface area contributed by atoms with Crippen molar-refractivity contribution in [2.24, 2.45) is 7.05 Å². The van der Waals surface area contributed by atoms with Gasteiger partial charge in [0.15, 0.2) is 0 Å². The summed E-state index contributed by atoms with van der Waals surface area (Å²) in [4.78, 5) is 12.9. The van der Waals surface area contributed by atoms with Gasteiger partial charge in [0.1, 0.15) is 12.2 Å². The van der Waals surface area contributed by atoms with Gasteiger partial charge in [-0.15, -0.1) is 10.2 Å². The van der Waals surface area contributed by atoms with Crippen LogP contribution in [0, 0.1) is 0 Å². The van der Waals surface area contributed by atoms with Crippen LogP contribution in [0.3, 0.4) is 0 Å². The lowest BCUT2D eigenvalue weighted by atomic mass is 10.3. The molecular formula is C9H17N5O. The highest BCUT2D eigenvalue weighted by Gasteiger charge is 2.12. The zero-order valence-corrected chi connectivity index (χ0v) is 9.56. The maximum absolute atomic E-state index is 11.3. The van der Waals surface area contributed by atoms with Crippen molar-refractivity contribution in [3.05, 3.63) is 12.2 Å². The number of hydrogen-bond donors (Lipinski definition) is 1. The number of carbonyl (C=O) groups is 1. The van der Waals surface area contributed by atoms with Crippen molar-refractivity contribution in [2.75, 3.05) is 20.6 Å². The first-order chi connectivity index (χ1) is 7.02. The second kappa shape index (κ2) is 4.88. The maximum Gasteiger partial charge on any atom is 0.236 e. The molecule has 0 saturated heterocycles. The summed E-state index contributed by atoms with van der Waals surface area (Å²) in [6, 6.07) is 0.0152. The number of rotatable bonds is 4. The van der Waals surface area contributed by atoms with Crippen LogP contribution in [0.5, 0.6) is 0 Å². The SMILES string of the molecule is CC(NCC(=O)N(C)C)c1nncn1C. The van der Waals surface area contributed by atoms with Gasteiger partial charge in [-0.1, -0.05) is 0 Å². The molecule has 0 saturated carbocycles. The smallest absolute Gasteiger partial charge is 0.236 e. The zero-order chi connectivity index (χ0) is 11.4. The summed E-state index contributed by atoms with van der Waals surface area (Å²) < 4.78 is 1.83. The first kappa shape index (κ1) is 11.6. The number of nitrogens with one attached hydrogen (secondary N) is 1. The molecule has 1 aromatic rings. The fraction of sp³-hybridized carbons (Fsp3) is 0.667. The van der Waals surface area contributed by atoms with Crippen LogP contribution >= 0.6 is 0 Å². The van der Waals surface area contributed by atoms with E-state index in [-0.39, 0.29) is 11.9 Å². The van der Waals surface area contributed by atoms with Gasteiger partial charge in [0.05, 0.1) is 12.6 Å². The first-order valence-corrected chi connectivity index (χ1v) is 4.79. The van der Waals surface area contributed by atoms with Crippen molar-refractivity contribution >= 4 is 5.91 Å². The predicted molar refractivity (Wildman–Crippen MR) is 56.1 cm³/mol. The van der Waals surface area contributed by atoms with Gasteiger partial charge >= 0.3 is 0 Å². The number of amides is 1. The summed E-state index contributed by atoms with van der Waals surface area (Å²) in [7, 11) is 5.34. The summed E-state index contributed by atoms with van der Waals surface area (Å²) >= 11 is 0. The van der Waals surface area contributed by atoms with E-state index in [0.717, 1.165) is 5.82 Å². The van der Waals surface area contributed by atoms with E-state index in [1.807, 2.05) is 18.5 Å². The standard InChI is InChI=1S/C9H17N5O/c1-7(9-12-11-6-14(9)4)10-5-8(15)13(2)3/h6-7,10H,5H2,1-4H3. The van der Waals surface area contributed by atoms with Gasteiger partial charge in [0.2, 0.25) is 5.91 Å². The number of nitrogens with zero attached hydrogens (tertiary/aromatic N) is 4. The number of hydrogen-bond acceptors (Lipinski definition) is 4. The van der Waals surface area contributed by atoms with Crippen LogP contribution < -0.4 is 5.32 Å². The number of aryl methyl sites for hydroxylation is 1. The molecule has 1 atom stereocenters. The Bertz CT molecular complexity index is 333. The van der Waals surface area contributed by atoms with Crippen molar-refractivity contribution in [3.63, 3.8) is 0 Å². The molecule has 0 aliphatic carbocycles. The monoisotopic (exact) mass is 211 g/mol. The normalized spacial score (nSPS) is 12.5. The summed E-state index contributed by atoms with van der Waals surface area (Å²) in [6.45, 7) is 2.26. The third-order valence-corrected chi connectivity index (χ3v) is 2.19. The van der Waals surface area contributed by atoms with Crippen LogP contribution in [0.1, 0.15) is 18.8 Å². The highest BCUT2D eigenvalue weighted by atomic mass is 16.2. The van der Waals surface area contributed by atoms with E-state index in [2.05, 4.69) is 15.5 Å². The third-order valence-electron chi connectivity index (χ3n) is 2.19. The minimum atomic E-state index is 0.0152. The van der Waals surface area contributed by atoms with Crippen molar-refractivity contribution in [3.8, 4) is 0 Å². The van der Waals surface area contributed by atoms with Crippen LogP contribution in [0.4, 0.5) is 0 Å². The first-order valence-electron chi connectivity index (χ1n) is 4.79. The van der Waals surface area contributed by atoms with E-state index in [4.69, 9.17) is 0 Å². The molecule has 0 radical (unpaired) electrons. The van der Waals surface area contributed by atoms with Crippen LogP contribution in [0.2, 0.25) is 0 Å². The Balaban J connectivity index is 2.47. The molecule has 1 heterocycles. The van der Waals surface area contributed by atoms with Crippen LogP contribution in [-0.4, -0.2) is 46.2 Å². The van der Waals surface area contributed by atoms with Gasteiger partial charge in [0.25, 0.3) is 0 Å². The topological polar surface area (TPSA) is 63.1 Å². The molecule has 0 aromatic carbocycles. The molecule has 1 amide bonds. The summed E-state index contributed by atoms with van der Waals surface area (Å²) in [5, 5.41) is 10.8. The lowest BCUT2D eigenvalue weighted by Gasteiger charge is -2.15. The minimum Gasteiger partial charge on any atom is -0.348 e. The molecule has 0 spiro atoms. The Hall–Kier alpha value is -1.43. The Labute approximate surface area is 89.3 Å². The summed E-state index contributed by atoms with van der Waals surface area (Å²) in [5.41, 5.74) is 0. The lowest BCUT2D eigenvalue weighted by Crippen LogP contribution is -2.34. The van der Waals surface area contributed by atoms with Gasteiger partial charge in [-0.2, -0.15) is 0 Å². The van der Waals surface area contributed by atoms with Gasteiger partial charge in [-0.3, -0.25) is 10.1 Å². The minimum absolute atomic E-state index is 0.0152. The maximum atomic E-state index is 11.3. The van der Waals surface area contributed by atoms with Crippen molar-refractivity contribution in [1.82, 2.24) is 25.0 Å². The largest absolute Gasteiger partial charge is 0.348 e. The van der Waals surface area contributed by atoms with Gasteiger partial charge < -0.3 is 9.47 Å². The van der Waals surface area contributed by atoms with Crippen LogP contribution in [-0.2, 0) is 11.8 Å². The highest BCUT2D eigenvalue weighted by Crippen LogP contribution is 2.05. The van der Waals surface area contributed by atoms with E-state index < -0.39 is 0 Å². The van der Waals surface area contributed by atoms with Crippen LogP contribution in [0.25, 0.3) is 0 Å². The van der Waals surface area contributed by atoms with Gasteiger partial charge in [0, 0.05) is 21.1 Å². The van der Waals surface area contributed by atoms with Gasteiger partial charge in [-0.25, -0.2) is 0 Å². The quantitative estimate of drug-likeness (QED) is 0.733. The molecule has 84 valence electrons. The zero-order valence-electron chi connectivity index (χ0n) is 9.56. The molecular weight excluding hydrogens is 194 g/mol. The summed E-state index contributed by atoms with van der Waals surface area (Å²) in [6.07, 6.45) is 1.64. The van der Waals surface area contributed by atoms with Crippen molar-refractivity contribution in [1.29, 1.82) is 0 Å². The molecule has 0 fully saturated rings. The summed E-state index contributed by atoms with van der Waals surface area (Å²) in [5.74, 6) is 0.866. The molecule has 6 heteroatoms. The fourth-order valence-corrected chi connectivity index (χ4v) is 1.17. The molecule has 6 nitrogen and oxygen atoms in total. The Morgan fingerprint density at radius 3 is 2.80 bits per heavy atom. The second-order valence-electron chi connectivity index (χ2n) is 3.69. The molecule has 15 heavy (non-hydrogen) atoms. The van der Waals surface area contributed by atoms with E-state index in [1.54, 1.807) is 25.3 Å². The molecule has 0 aliphatic heterocycles. The van der Waals surface area contributed by atoms with E-state index >= 15 is 0 Å². The van der Waals surface area contributed by atoms with Crippen molar-refractivity contribution in [2.45, 2.75) is 13.0 Å². The highest BCUT2D eigenvalue weighted by molar-refractivity contribution is 5.77. The Morgan fingerprint density at radius 2 is 2.33 bits per heavy atom. The van der Waals surface area contributed by atoms with Crippen LogP contribution in [0.15, 0.2) is 6.33 Å². The molecule has 1 aromatic heterocycles. The molecule has 0 bridgehead atoms. The predicted octanol–water partition coefficient (Wildman–Crippen LogP) is -0.446. The molecule has 1 unspecified atom stereocenters. The number of aromatic nitrogens is 3. The molecule has 1 rings (SSSR count). The average Bonchev–Trinajstić information content (AvgIpc) is 2.60. The second-order valence-corrected chi connectivity index (χ2v) is 3.69. The lowest BCUT2D eigenvalue weighted by molar-refractivity contribution is -0.127.